The molecule has 1 saturated heterocycles. The molecule has 0 atom stereocenters. The van der Waals surface area contributed by atoms with E-state index in [1.54, 1.807) is 24.3 Å². The topological polar surface area (TPSA) is 101 Å². The second kappa shape index (κ2) is 10.3. The fourth-order valence-corrected chi connectivity index (χ4v) is 3.95. The third-order valence-corrected chi connectivity index (χ3v) is 5.82. The lowest BCUT2D eigenvalue weighted by Gasteiger charge is -2.27. The van der Waals surface area contributed by atoms with Gasteiger partial charge < -0.3 is 9.64 Å². The molecule has 2 N–H and O–H groups in total. The number of aryl methyl sites for hydroxylation is 1. The van der Waals surface area contributed by atoms with Crippen molar-refractivity contribution < 1.29 is 14.3 Å². The molecule has 2 amide bonds. The molecule has 0 bridgehead atoms. The molecular formula is C22H24N6O3S. The normalized spacial score (nSPS) is 13.6. The molecule has 1 aromatic heterocycles. The summed E-state index contributed by atoms with van der Waals surface area (Å²) in [6.07, 6.45) is 0. The van der Waals surface area contributed by atoms with Gasteiger partial charge in [0.1, 0.15) is 0 Å². The Morgan fingerprint density at radius 1 is 1.00 bits per heavy atom. The number of hydrogen-bond acceptors (Lipinski definition) is 7. The highest BCUT2D eigenvalue weighted by Crippen LogP contribution is 2.27. The molecule has 10 heteroatoms. The number of morpholine rings is 1. The Bertz CT molecular complexity index is 1070. The van der Waals surface area contributed by atoms with E-state index in [1.807, 2.05) is 41.8 Å². The first-order chi connectivity index (χ1) is 15.6. The summed E-state index contributed by atoms with van der Waals surface area (Å²) in [5.41, 5.74) is 7.41. The third-order valence-electron chi connectivity index (χ3n) is 4.89. The summed E-state index contributed by atoms with van der Waals surface area (Å²) in [4.78, 5) is 26.5. The molecule has 166 valence electrons. The molecule has 2 heterocycles. The average molecular weight is 453 g/mol. The van der Waals surface area contributed by atoms with Gasteiger partial charge in [0.2, 0.25) is 11.9 Å². The Labute approximate surface area is 190 Å². The van der Waals surface area contributed by atoms with Gasteiger partial charge in [-0.25, -0.2) is 0 Å². The van der Waals surface area contributed by atoms with Crippen molar-refractivity contribution in [1.29, 1.82) is 0 Å². The van der Waals surface area contributed by atoms with Crippen LogP contribution < -0.4 is 15.8 Å². The van der Waals surface area contributed by atoms with Gasteiger partial charge in [-0.3, -0.25) is 25.0 Å². The van der Waals surface area contributed by atoms with Crippen LogP contribution in [0.25, 0.3) is 5.69 Å². The fraction of sp³-hybridized carbons (Fsp3) is 0.273. The number of aromatic nitrogens is 3. The van der Waals surface area contributed by atoms with Crippen LogP contribution in [0.4, 0.5) is 5.95 Å². The maximum Gasteiger partial charge on any atom is 0.269 e. The molecule has 0 unspecified atom stereocenters. The number of amides is 2. The second-order valence-corrected chi connectivity index (χ2v) is 8.15. The molecule has 0 saturated carbocycles. The van der Waals surface area contributed by atoms with Crippen LogP contribution in [-0.2, 0) is 9.53 Å². The van der Waals surface area contributed by atoms with Crippen LogP contribution in [0.3, 0.4) is 0 Å². The number of hydrazine groups is 1. The predicted molar refractivity (Wildman–Crippen MR) is 122 cm³/mol. The van der Waals surface area contributed by atoms with Crippen LogP contribution in [0.2, 0.25) is 0 Å². The quantitative estimate of drug-likeness (QED) is 0.436. The molecule has 2 aromatic carbocycles. The van der Waals surface area contributed by atoms with Crippen molar-refractivity contribution in [2.45, 2.75) is 12.1 Å². The number of ether oxygens (including phenoxy) is 1. The highest BCUT2D eigenvalue weighted by Gasteiger charge is 2.22. The predicted octanol–water partition coefficient (Wildman–Crippen LogP) is 1.97. The fourth-order valence-electron chi connectivity index (χ4n) is 3.20. The second-order valence-electron chi connectivity index (χ2n) is 7.21. The average Bonchev–Trinajstić information content (AvgIpc) is 3.27. The summed E-state index contributed by atoms with van der Waals surface area (Å²) in [5, 5.41) is 9.32. The highest BCUT2D eigenvalue weighted by molar-refractivity contribution is 7.99. The number of benzene rings is 2. The van der Waals surface area contributed by atoms with E-state index in [0.717, 1.165) is 30.3 Å². The minimum Gasteiger partial charge on any atom is -0.378 e. The molecule has 9 nitrogen and oxygen atoms in total. The van der Waals surface area contributed by atoms with Gasteiger partial charge in [0.05, 0.1) is 24.7 Å². The smallest absolute Gasteiger partial charge is 0.269 e. The van der Waals surface area contributed by atoms with E-state index in [4.69, 9.17) is 4.74 Å². The molecule has 3 aromatic rings. The lowest BCUT2D eigenvalue weighted by atomic mass is 10.2. The summed E-state index contributed by atoms with van der Waals surface area (Å²) in [5.74, 6) is 0.0757. The van der Waals surface area contributed by atoms with Crippen molar-refractivity contribution in [3.8, 4) is 5.69 Å². The van der Waals surface area contributed by atoms with Gasteiger partial charge in [-0.05, 0) is 31.2 Å². The van der Waals surface area contributed by atoms with Crippen molar-refractivity contribution in [2.24, 2.45) is 0 Å². The Hall–Kier alpha value is -3.37. The zero-order valence-electron chi connectivity index (χ0n) is 17.7. The van der Waals surface area contributed by atoms with E-state index in [0.29, 0.717) is 23.9 Å². The number of nitrogens with one attached hydrogen (secondary N) is 2. The minimum atomic E-state index is -0.374. The van der Waals surface area contributed by atoms with Gasteiger partial charge in [-0.15, -0.1) is 10.2 Å². The SMILES string of the molecule is Cc1ccc(-n2c(SCC(=O)NNC(=O)c3ccccc3)nnc2N2CCOCC2)cc1. The van der Waals surface area contributed by atoms with Gasteiger partial charge in [0.15, 0.2) is 5.16 Å². The van der Waals surface area contributed by atoms with Crippen molar-refractivity contribution >= 4 is 29.5 Å². The van der Waals surface area contributed by atoms with Crippen molar-refractivity contribution in [3.05, 3.63) is 65.7 Å². The molecule has 0 radical (unpaired) electrons. The zero-order valence-corrected chi connectivity index (χ0v) is 18.5. The molecule has 0 spiro atoms. The molecule has 1 aliphatic rings. The Morgan fingerprint density at radius 2 is 1.72 bits per heavy atom. The number of carbonyl (C=O) groups excluding carboxylic acids is 2. The monoisotopic (exact) mass is 452 g/mol. The number of hydrogen-bond donors (Lipinski definition) is 2. The maximum absolute atomic E-state index is 12.3. The van der Waals surface area contributed by atoms with Crippen LogP contribution in [0.5, 0.6) is 0 Å². The van der Waals surface area contributed by atoms with Crippen molar-refractivity contribution in [1.82, 2.24) is 25.6 Å². The van der Waals surface area contributed by atoms with Crippen LogP contribution in [0.15, 0.2) is 59.8 Å². The lowest BCUT2D eigenvalue weighted by molar-refractivity contribution is -0.119. The van der Waals surface area contributed by atoms with Gasteiger partial charge >= 0.3 is 0 Å². The summed E-state index contributed by atoms with van der Waals surface area (Å²) >= 11 is 1.25. The van der Waals surface area contributed by atoms with Gasteiger partial charge in [-0.1, -0.05) is 47.7 Å². The van der Waals surface area contributed by atoms with Crippen LogP contribution >= 0.6 is 11.8 Å². The standard InChI is InChI=1S/C22H24N6O3S/c1-16-7-9-18(10-8-16)28-21(27-11-13-31-14-12-27)25-26-22(28)32-15-19(29)23-24-20(30)17-5-3-2-4-6-17/h2-10H,11-15H2,1H3,(H,23,29)(H,24,30). The van der Waals surface area contributed by atoms with Crippen molar-refractivity contribution in [3.63, 3.8) is 0 Å². The van der Waals surface area contributed by atoms with Gasteiger partial charge in [0.25, 0.3) is 5.91 Å². The summed E-state index contributed by atoms with van der Waals surface area (Å²) < 4.78 is 7.40. The molecule has 32 heavy (non-hydrogen) atoms. The molecule has 4 rings (SSSR count). The Morgan fingerprint density at radius 3 is 2.44 bits per heavy atom. The van der Waals surface area contributed by atoms with E-state index >= 15 is 0 Å². The lowest BCUT2D eigenvalue weighted by Crippen LogP contribution is -2.42. The Balaban J connectivity index is 1.44. The summed E-state index contributed by atoms with van der Waals surface area (Å²) in [6.45, 7) is 4.74. The first-order valence-electron chi connectivity index (χ1n) is 10.2. The van der Waals surface area contributed by atoms with E-state index in [2.05, 4.69) is 25.9 Å². The largest absolute Gasteiger partial charge is 0.378 e. The molecule has 0 aliphatic carbocycles. The Kier molecular flexibility index (Phi) is 7.03. The first-order valence-corrected chi connectivity index (χ1v) is 11.2. The van der Waals surface area contributed by atoms with Gasteiger partial charge in [0, 0.05) is 18.7 Å². The van der Waals surface area contributed by atoms with Crippen molar-refractivity contribution in [2.75, 3.05) is 37.0 Å². The number of thioether (sulfide) groups is 1. The van der Waals surface area contributed by atoms with E-state index in [1.165, 1.54) is 11.8 Å². The molecule has 1 aliphatic heterocycles. The number of rotatable bonds is 6. The molecule has 1 fully saturated rings. The highest BCUT2D eigenvalue weighted by atomic mass is 32.2. The van der Waals surface area contributed by atoms with Gasteiger partial charge in [-0.2, -0.15) is 0 Å². The van der Waals surface area contributed by atoms with E-state index in [9.17, 15) is 9.59 Å². The van der Waals surface area contributed by atoms with E-state index < -0.39 is 0 Å². The summed E-state index contributed by atoms with van der Waals surface area (Å²) in [6, 6.07) is 16.8. The number of anilines is 1. The molecular weight excluding hydrogens is 428 g/mol. The van der Waals surface area contributed by atoms with E-state index in [-0.39, 0.29) is 17.6 Å². The number of carbonyl (C=O) groups is 2. The third kappa shape index (κ3) is 5.27. The summed E-state index contributed by atoms with van der Waals surface area (Å²) in [7, 11) is 0. The van der Waals surface area contributed by atoms with Crippen LogP contribution in [0.1, 0.15) is 15.9 Å². The van der Waals surface area contributed by atoms with Crippen LogP contribution in [-0.4, -0.2) is 58.6 Å². The minimum absolute atomic E-state index is 0.0716. The maximum atomic E-state index is 12.3. The zero-order chi connectivity index (χ0) is 22.3. The first kappa shape index (κ1) is 21.8. The van der Waals surface area contributed by atoms with Crippen LogP contribution in [0, 0.1) is 6.92 Å². The number of nitrogens with zero attached hydrogens (tertiary/aromatic N) is 4.